The van der Waals surface area contributed by atoms with Crippen LogP contribution in [0.25, 0.3) is 0 Å². The Morgan fingerprint density at radius 3 is 2.80 bits per heavy atom. The molecule has 82 valence electrons. The highest BCUT2D eigenvalue weighted by molar-refractivity contribution is 9.09. The predicted molar refractivity (Wildman–Crippen MR) is 64.2 cm³/mol. The summed E-state index contributed by atoms with van der Waals surface area (Å²) in [5.41, 5.74) is 0.464. The van der Waals surface area contributed by atoms with E-state index in [4.69, 9.17) is 0 Å². The van der Waals surface area contributed by atoms with Crippen LogP contribution in [0.2, 0.25) is 0 Å². The van der Waals surface area contributed by atoms with Gasteiger partial charge in [0, 0.05) is 17.1 Å². The monoisotopic (exact) mass is 270 g/mol. The number of alkyl halides is 1. The molecule has 0 bridgehead atoms. The second kappa shape index (κ2) is 5.85. The molecule has 1 rings (SSSR count). The molecule has 1 aromatic heterocycles. The predicted octanol–water partition coefficient (Wildman–Crippen LogP) is 2.37. The van der Waals surface area contributed by atoms with E-state index >= 15 is 0 Å². The van der Waals surface area contributed by atoms with Gasteiger partial charge in [-0.3, -0.25) is 9.78 Å². The average Bonchev–Trinajstić information content (AvgIpc) is 2.17. The molecule has 15 heavy (non-hydrogen) atoms. The van der Waals surface area contributed by atoms with Gasteiger partial charge in [-0.1, -0.05) is 28.9 Å². The summed E-state index contributed by atoms with van der Waals surface area (Å²) in [5.74, 6) is -0.115. The zero-order chi connectivity index (χ0) is 11.3. The Bertz CT molecular complexity index is 314. The molecule has 1 N–H and O–H groups in total. The number of amides is 1. The van der Waals surface area contributed by atoms with Crippen LogP contribution >= 0.6 is 15.9 Å². The summed E-state index contributed by atoms with van der Waals surface area (Å²) in [6, 6.07) is 5.45. The quantitative estimate of drug-likeness (QED) is 0.854. The average molecular weight is 271 g/mol. The zero-order valence-corrected chi connectivity index (χ0v) is 10.5. The van der Waals surface area contributed by atoms with E-state index in [2.05, 4.69) is 33.2 Å². The van der Waals surface area contributed by atoms with Crippen LogP contribution < -0.4 is 5.32 Å². The van der Waals surface area contributed by atoms with Gasteiger partial charge in [0.2, 0.25) is 0 Å². The fourth-order valence-electron chi connectivity index (χ4n) is 1.34. The first kappa shape index (κ1) is 12.2. The number of hydrogen-bond donors (Lipinski definition) is 1. The maximum Gasteiger partial charge on any atom is 0.270 e. The van der Waals surface area contributed by atoms with Crippen molar-refractivity contribution in [2.45, 2.75) is 31.1 Å². The van der Waals surface area contributed by atoms with Gasteiger partial charge >= 0.3 is 0 Å². The van der Waals surface area contributed by atoms with Crippen molar-refractivity contribution in [2.24, 2.45) is 0 Å². The Balaban J connectivity index is 2.49. The number of carbonyl (C=O) groups excluding carboxylic acids is 1. The van der Waals surface area contributed by atoms with Gasteiger partial charge in [0.25, 0.3) is 5.91 Å². The second-order valence-corrected chi connectivity index (χ2v) is 5.17. The van der Waals surface area contributed by atoms with E-state index in [0.717, 1.165) is 6.42 Å². The van der Waals surface area contributed by atoms with Crippen molar-refractivity contribution in [1.82, 2.24) is 10.3 Å². The van der Waals surface area contributed by atoms with Crippen molar-refractivity contribution in [1.29, 1.82) is 0 Å². The number of carbonyl (C=O) groups is 1. The van der Waals surface area contributed by atoms with Gasteiger partial charge in [0.05, 0.1) is 0 Å². The van der Waals surface area contributed by atoms with Crippen LogP contribution in [-0.2, 0) is 0 Å². The Morgan fingerprint density at radius 1 is 1.53 bits per heavy atom. The van der Waals surface area contributed by atoms with Crippen LogP contribution in [0.1, 0.15) is 30.8 Å². The van der Waals surface area contributed by atoms with Crippen LogP contribution in [0.5, 0.6) is 0 Å². The molecule has 0 aliphatic rings. The Labute approximate surface area is 98.4 Å². The van der Waals surface area contributed by atoms with E-state index in [1.807, 2.05) is 6.92 Å². The topological polar surface area (TPSA) is 42.0 Å². The first-order chi connectivity index (χ1) is 7.09. The Hall–Kier alpha value is -0.900. The molecule has 2 unspecified atom stereocenters. The normalized spacial score (nSPS) is 14.3. The molecule has 0 aliphatic carbocycles. The van der Waals surface area contributed by atoms with Crippen LogP contribution in [0.15, 0.2) is 24.4 Å². The number of hydrogen-bond acceptors (Lipinski definition) is 2. The number of nitrogens with zero attached hydrogens (tertiary/aromatic N) is 1. The minimum Gasteiger partial charge on any atom is -0.348 e. The summed E-state index contributed by atoms with van der Waals surface area (Å²) in [5, 5.41) is 2.90. The van der Waals surface area contributed by atoms with Crippen LogP contribution in [0.3, 0.4) is 0 Å². The van der Waals surface area contributed by atoms with Gasteiger partial charge in [-0.25, -0.2) is 0 Å². The number of nitrogens with one attached hydrogen (secondary N) is 1. The molecule has 0 saturated heterocycles. The van der Waals surface area contributed by atoms with E-state index < -0.39 is 0 Å². The lowest BCUT2D eigenvalue weighted by Crippen LogP contribution is -2.34. The summed E-state index contributed by atoms with van der Waals surface area (Å²) < 4.78 is 0. The number of rotatable bonds is 4. The van der Waals surface area contributed by atoms with E-state index in [9.17, 15) is 4.79 Å². The minimum absolute atomic E-state index is 0.115. The number of pyridine rings is 1. The zero-order valence-electron chi connectivity index (χ0n) is 8.90. The largest absolute Gasteiger partial charge is 0.348 e. The maximum absolute atomic E-state index is 11.6. The molecular formula is C11H15BrN2O. The second-order valence-electron chi connectivity index (χ2n) is 3.61. The fourth-order valence-corrected chi connectivity index (χ4v) is 1.90. The number of halogens is 1. The van der Waals surface area contributed by atoms with Gasteiger partial charge in [0.1, 0.15) is 5.69 Å². The molecule has 0 aromatic carbocycles. The molecule has 1 aromatic rings. The van der Waals surface area contributed by atoms with Crippen molar-refractivity contribution >= 4 is 21.8 Å². The van der Waals surface area contributed by atoms with Crippen LogP contribution in [-0.4, -0.2) is 21.8 Å². The molecule has 1 amide bonds. The van der Waals surface area contributed by atoms with E-state index in [0.29, 0.717) is 10.5 Å². The Kier molecular flexibility index (Phi) is 4.75. The van der Waals surface area contributed by atoms with Crippen LogP contribution in [0.4, 0.5) is 0 Å². The lowest BCUT2D eigenvalue weighted by Gasteiger charge is -2.14. The molecule has 4 heteroatoms. The van der Waals surface area contributed by atoms with Crippen molar-refractivity contribution in [3.8, 4) is 0 Å². The maximum atomic E-state index is 11.6. The van der Waals surface area contributed by atoms with Gasteiger partial charge in [-0.2, -0.15) is 0 Å². The highest BCUT2D eigenvalue weighted by Gasteiger charge is 2.11. The number of aromatic nitrogens is 1. The summed E-state index contributed by atoms with van der Waals surface area (Å²) in [7, 11) is 0. The first-order valence-corrected chi connectivity index (χ1v) is 5.87. The molecule has 0 radical (unpaired) electrons. The third-order valence-corrected chi connectivity index (χ3v) is 2.33. The first-order valence-electron chi connectivity index (χ1n) is 4.95. The highest BCUT2D eigenvalue weighted by atomic mass is 79.9. The van der Waals surface area contributed by atoms with Crippen molar-refractivity contribution < 1.29 is 4.79 Å². The lowest BCUT2D eigenvalue weighted by atomic mass is 10.2. The smallest absolute Gasteiger partial charge is 0.270 e. The minimum atomic E-state index is -0.115. The SMILES string of the molecule is CC(Br)CC(C)NC(=O)c1ccccn1. The molecule has 1 heterocycles. The highest BCUT2D eigenvalue weighted by Crippen LogP contribution is 2.07. The Morgan fingerprint density at radius 2 is 2.27 bits per heavy atom. The van der Waals surface area contributed by atoms with Crippen LogP contribution in [0, 0.1) is 0 Å². The van der Waals surface area contributed by atoms with Gasteiger partial charge in [0.15, 0.2) is 0 Å². The molecule has 0 aliphatic heterocycles. The van der Waals surface area contributed by atoms with Crippen molar-refractivity contribution in [2.75, 3.05) is 0 Å². The summed E-state index contributed by atoms with van der Waals surface area (Å²) in [4.78, 5) is 16.0. The molecule has 3 nitrogen and oxygen atoms in total. The van der Waals surface area contributed by atoms with Crippen molar-refractivity contribution in [3.05, 3.63) is 30.1 Å². The summed E-state index contributed by atoms with van der Waals surface area (Å²) in [6.45, 7) is 4.04. The van der Waals surface area contributed by atoms with E-state index in [-0.39, 0.29) is 11.9 Å². The van der Waals surface area contributed by atoms with Gasteiger partial charge in [-0.05, 0) is 25.5 Å². The molecule has 2 atom stereocenters. The van der Waals surface area contributed by atoms with E-state index in [1.54, 1.807) is 24.4 Å². The summed E-state index contributed by atoms with van der Waals surface area (Å²) >= 11 is 3.45. The molecule has 0 saturated carbocycles. The summed E-state index contributed by atoms with van der Waals surface area (Å²) in [6.07, 6.45) is 2.52. The molecule has 0 fully saturated rings. The van der Waals surface area contributed by atoms with Gasteiger partial charge in [-0.15, -0.1) is 0 Å². The fraction of sp³-hybridized carbons (Fsp3) is 0.455. The van der Waals surface area contributed by atoms with Crippen molar-refractivity contribution in [3.63, 3.8) is 0 Å². The lowest BCUT2D eigenvalue weighted by molar-refractivity contribution is 0.0933. The van der Waals surface area contributed by atoms with E-state index in [1.165, 1.54) is 0 Å². The van der Waals surface area contributed by atoms with Gasteiger partial charge < -0.3 is 5.32 Å². The molecule has 0 spiro atoms. The standard InChI is InChI=1S/C11H15BrN2O/c1-8(12)7-9(2)14-11(15)10-5-3-4-6-13-10/h3-6,8-9H,7H2,1-2H3,(H,14,15). The third-order valence-electron chi connectivity index (χ3n) is 1.95. The molecular weight excluding hydrogens is 256 g/mol. The third kappa shape index (κ3) is 4.42.